The largest absolute Gasteiger partial charge is 0.356 e. The minimum Gasteiger partial charge on any atom is -0.356 e. The summed E-state index contributed by atoms with van der Waals surface area (Å²) in [6.07, 6.45) is 4.84. The summed E-state index contributed by atoms with van der Waals surface area (Å²) >= 11 is 0. The molecule has 0 bridgehead atoms. The molecule has 32 heavy (non-hydrogen) atoms. The van der Waals surface area contributed by atoms with Crippen molar-refractivity contribution in [3.63, 3.8) is 0 Å². The predicted molar refractivity (Wildman–Crippen MR) is 111 cm³/mol. The van der Waals surface area contributed by atoms with Crippen molar-refractivity contribution in [3.8, 4) is 0 Å². The van der Waals surface area contributed by atoms with Crippen LogP contribution in [0.5, 0.6) is 0 Å². The van der Waals surface area contributed by atoms with Crippen molar-refractivity contribution in [2.45, 2.75) is 24.2 Å². The van der Waals surface area contributed by atoms with Crippen LogP contribution < -0.4 is 4.90 Å². The zero-order valence-corrected chi connectivity index (χ0v) is 18.1. The molecule has 172 valence electrons. The number of carbonyl (C=O) groups is 1. The van der Waals surface area contributed by atoms with Crippen molar-refractivity contribution in [3.05, 3.63) is 53.5 Å². The highest BCUT2D eigenvalue weighted by Gasteiger charge is 2.34. The maximum absolute atomic E-state index is 14.1. The summed E-state index contributed by atoms with van der Waals surface area (Å²) in [5.41, 5.74) is 0.456. The van der Waals surface area contributed by atoms with Gasteiger partial charge in [-0.15, -0.1) is 0 Å². The molecule has 0 saturated carbocycles. The van der Waals surface area contributed by atoms with Gasteiger partial charge in [-0.05, 0) is 43.5 Å². The zero-order chi connectivity index (χ0) is 22.9. The monoisotopic (exact) mass is 468 g/mol. The molecule has 2 saturated heterocycles. The lowest BCUT2D eigenvalue weighted by atomic mass is 10.1. The van der Waals surface area contributed by atoms with Crippen LogP contribution in [0.15, 0.2) is 35.4 Å². The van der Waals surface area contributed by atoms with E-state index in [1.54, 1.807) is 18.3 Å². The Morgan fingerprint density at radius 3 is 2.25 bits per heavy atom. The zero-order valence-electron chi connectivity index (χ0n) is 17.3. The lowest BCUT2D eigenvalue weighted by Crippen LogP contribution is -2.50. The van der Waals surface area contributed by atoms with E-state index in [2.05, 4.69) is 9.88 Å². The van der Waals surface area contributed by atoms with Gasteiger partial charge in [-0.3, -0.25) is 4.79 Å². The third-order valence-electron chi connectivity index (χ3n) is 5.82. The van der Waals surface area contributed by atoms with Crippen molar-refractivity contribution in [1.82, 2.24) is 14.2 Å². The van der Waals surface area contributed by atoms with Gasteiger partial charge in [-0.25, -0.2) is 26.6 Å². The first-order valence-electron chi connectivity index (χ1n) is 10.4. The number of carbonyl (C=O) groups excluding carboxylic acids is 1. The van der Waals surface area contributed by atoms with Crippen LogP contribution in [0.25, 0.3) is 0 Å². The van der Waals surface area contributed by atoms with E-state index in [0.717, 1.165) is 36.7 Å². The van der Waals surface area contributed by atoms with E-state index < -0.39 is 32.4 Å². The average molecular weight is 469 g/mol. The van der Waals surface area contributed by atoms with Crippen molar-refractivity contribution in [2.75, 3.05) is 44.2 Å². The maximum Gasteiger partial charge on any atom is 0.257 e. The van der Waals surface area contributed by atoms with Crippen LogP contribution in [-0.2, 0) is 10.0 Å². The Morgan fingerprint density at radius 2 is 1.56 bits per heavy atom. The molecule has 0 unspecified atom stereocenters. The number of hydrogen-bond acceptors (Lipinski definition) is 5. The number of pyridine rings is 1. The molecular formula is C21H23F3N4O3S. The van der Waals surface area contributed by atoms with Gasteiger partial charge in [0.15, 0.2) is 17.5 Å². The van der Waals surface area contributed by atoms with Gasteiger partial charge >= 0.3 is 0 Å². The first-order valence-corrected chi connectivity index (χ1v) is 11.9. The first kappa shape index (κ1) is 22.5. The number of nitrogens with zero attached hydrogens (tertiary/aromatic N) is 4. The van der Waals surface area contributed by atoms with Crippen LogP contribution in [0.4, 0.5) is 19.0 Å². The van der Waals surface area contributed by atoms with Crippen LogP contribution >= 0.6 is 0 Å². The Balaban J connectivity index is 1.49. The Hall–Kier alpha value is -2.66. The van der Waals surface area contributed by atoms with Gasteiger partial charge in [-0.2, -0.15) is 4.31 Å². The quantitative estimate of drug-likeness (QED) is 0.645. The average Bonchev–Trinajstić information content (AvgIpc) is 2.82. The summed E-state index contributed by atoms with van der Waals surface area (Å²) in [5, 5.41) is 0. The number of sulfonamides is 1. The van der Waals surface area contributed by atoms with Gasteiger partial charge < -0.3 is 9.80 Å². The Morgan fingerprint density at radius 1 is 0.875 bits per heavy atom. The molecule has 0 spiro atoms. The number of anilines is 1. The Kier molecular flexibility index (Phi) is 6.38. The van der Waals surface area contributed by atoms with Crippen LogP contribution in [0.3, 0.4) is 0 Å². The molecule has 0 radical (unpaired) electrons. The molecule has 4 rings (SSSR count). The van der Waals surface area contributed by atoms with Crippen molar-refractivity contribution in [1.29, 1.82) is 0 Å². The molecule has 1 aromatic heterocycles. The lowest BCUT2D eigenvalue weighted by Gasteiger charge is -2.35. The molecule has 3 heterocycles. The Labute approximate surface area is 184 Å². The molecule has 2 aliphatic heterocycles. The highest BCUT2D eigenvalue weighted by Crippen LogP contribution is 2.26. The number of amides is 1. The van der Waals surface area contributed by atoms with Gasteiger partial charge in [0.2, 0.25) is 10.0 Å². The van der Waals surface area contributed by atoms with E-state index in [4.69, 9.17) is 0 Å². The highest BCUT2D eigenvalue weighted by atomic mass is 32.2. The third kappa shape index (κ3) is 4.18. The fourth-order valence-corrected chi connectivity index (χ4v) is 5.55. The number of aromatic nitrogens is 1. The SMILES string of the molecule is O=C(c1cccnc1N1CCCCC1)N1CCN(S(=O)(=O)c2ccc(F)c(F)c2F)CC1. The molecule has 2 aromatic rings. The molecule has 0 atom stereocenters. The van der Waals surface area contributed by atoms with Crippen molar-refractivity contribution < 1.29 is 26.4 Å². The standard InChI is InChI=1S/C21H23F3N4O3S/c22-16-6-7-17(19(24)18(16)23)32(30,31)28-13-11-27(12-14-28)21(29)15-5-4-8-25-20(15)26-9-2-1-3-10-26/h4-8H,1-3,9-14H2. The topological polar surface area (TPSA) is 73.8 Å². The van der Waals surface area contributed by atoms with Crippen molar-refractivity contribution in [2.24, 2.45) is 0 Å². The summed E-state index contributed by atoms with van der Waals surface area (Å²) < 4.78 is 67.3. The van der Waals surface area contributed by atoms with Crippen LogP contribution in [-0.4, -0.2) is 67.8 Å². The molecule has 0 aliphatic carbocycles. The van der Waals surface area contributed by atoms with E-state index in [9.17, 15) is 26.4 Å². The second kappa shape index (κ2) is 9.07. The molecule has 11 heteroatoms. The van der Waals surface area contributed by atoms with Crippen LogP contribution in [0.2, 0.25) is 0 Å². The van der Waals surface area contributed by atoms with Crippen LogP contribution in [0, 0.1) is 17.5 Å². The molecule has 0 N–H and O–H groups in total. The smallest absolute Gasteiger partial charge is 0.257 e. The minimum absolute atomic E-state index is 0.0810. The number of rotatable bonds is 4. The second-order valence-electron chi connectivity index (χ2n) is 7.79. The summed E-state index contributed by atoms with van der Waals surface area (Å²) in [6.45, 7) is 1.62. The number of piperidine rings is 1. The fourth-order valence-electron chi connectivity index (χ4n) is 4.07. The number of benzene rings is 1. The molecule has 1 aromatic carbocycles. The molecule has 2 fully saturated rings. The first-order chi connectivity index (χ1) is 15.3. The highest BCUT2D eigenvalue weighted by molar-refractivity contribution is 7.89. The maximum atomic E-state index is 14.1. The predicted octanol–water partition coefficient (Wildman–Crippen LogP) is 2.64. The van der Waals surface area contributed by atoms with E-state index >= 15 is 0 Å². The molecular weight excluding hydrogens is 445 g/mol. The van der Waals surface area contributed by atoms with E-state index in [1.165, 1.54) is 4.90 Å². The summed E-state index contributed by atoms with van der Waals surface area (Å²) in [6, 6.07) is 4.68. The summed E-state index contributed by atoms with van der Waals surface area (Å²) in [7, 11) is -4.38. The van der Waals surface area contributed by atoms with Gasteiger partial charge in [0.1, 0.15) is 10.7 Å². The summed E-state index contributed by atoms with van der Waals surface area (Å²) in [4.78, 5) is 20.3. The van der Waals surface area contributed by atoms with Gasteiger partial charge in [0, 0.05) is 45.5 Å². The number of piperazine rings is 1. The van der Waals surface area contributed by atoms with Gasteiger partial charge in [0.05, 0.1) is 5.56 Å². The normalized spacial score (nSPS) is 18.1. The van der Waals surface area contributed by atoms with Gasteiger partial charge in [0.25, 0.3) is 5.91 Å². The van der Waals surface area contributed by atoms with E-state index in [-0.39, 0.29) is 32.1 Å². The third-order valence-corrected chi connectivity index (χ3v) is 7.73. The molecule has 7 nitrogen and oxygen atoms in total. The van der Waals surface area contributed by atoms with E-state index in [1.807, 2.05) is 0 Å². The number of hydrogen-bond donors (Lipinski definition) is 0. The van der Waals surface area contributed by atoms with Crippen molar-refractivity contribution >= 4 is 21.7 Å². The van der Waals surface area contributed by atoms with Crippen LogP contribution in [0.1, 0.15) is 29.6 Å². The Bertz CT molecular complexity index is 1120. The minimum atomic E-state index is -4.38. The lowest BCUT2D eigenvalue weighted by molar-refractivity contribution is 0.0698. The second-order valence-corrected chi connectivity index (χ2v) is 9.70. The molecule has 2 aliphatic rings. The fraction of sp³-hybridized carbons (Fsp3) is 0.429. The summed E-state index contributed by atoms with van der Waals surface area (Å²) in [5.74, 6) is -4.67. The van der Waals surface area contributed by atoms with Gasteiger partial charge in [-0.1, -0.05) is 0 Å². The number of halogens is 3. The van der Waals surface area contributed by atoms with E-state index in [0.29, 0.717) is 23.5 Å². The molecule has 1 amide bonds.